The maximum Gasteiger partial charge on any atom is 0.335 e. The molecule has 0 radical (unpaired) electrons. The smallest absolute Gasteiger partial charge is 0.335 e. The van der Waals surface area contributed by atoms with Gasteiger partial charge in [0.1, 0.15) is 11.3 Å². The highest BCUT2D eigenvalue weighted by Gasteiger charge is 2.16. The van der Waals surface area contributed by atoms with Crippen LogP contribution in [0, 0.1) is 13.8 Å². The Bertz CT molecular complexity index is 1420. The lowest BCUT2D eigenvalue weighted by molar-refractivity contribution is 0.415. The molecule has 0 fully saturated rings. The van der Waals surface area contributed by atoms with Crippen LogP contribution in [-0.2, 0) is 0 Å². The fourth-order valence-corrected chi connectivity index (χ4v) is 3.87. The number of H-pyrrole nitrogens is 1. The van der Waals surface area contributed by atoms with Gasteiger partial charge in [-0.05, 0) is 49.2 Å². The van der Waals surface area contributed by atoms with Crippen LogP contribution in [0.2, 0.25) is 0 Å². The van der Waals surface area contributed by atoms with Crippen LogP contribution >= 0.6 is 11.3 Å². The van der Waals surface area contributed by atoms with E-state index in [1.54, 1.807) is 19.2 Å². The van der Waals surface area contributed by atoms with E-state index < -0.39 is 17.1 Å². The van der Waals surface area contributed by atoms with Gasteiger partial charge in [0.25, 0.3) is 5.56 Å². The highest BCUT2D eigenvalue weighted by molar-refractivity contribution is 7.22. The van der Waals surface area contributed by atoms with E-state index in [0.29, 0.717) is 16.6 Å². The Kier molecular flexibility index (Phi) is 4.96. The minimum Gasteiger partial charge on any atom is -0.497 e. The van der Waals surface area contributed by atoms with Gasteiger partial charge in [-0.2, -0.15) is 0 Å². The molecule has 2 heterocycles. The van der Waals surface area contributed by atoms with Crippen LogP contribution in [0.5, 0.6) is 11.6 Å². The van der Waals surface area contributed by atoms with Crippen molar-refractivity contribution in [1.82, 2.24) is 14.5 Å². The van der Waals surface area contributed by atoms with Gasteiger partial charge in [-0.3, -0.25) is 9.78 Å². The molecule has 0 saturated heterocycles. The Labute approximate surface area is 174 Å². The first-order valence-electron chi connectivity index (χ1n) is 9.02. The highest BCUT2D eigenvalue weighted by Crippen LogP contribution is 2.31. The van der Waals surface area contributed by atoms with Crippen molar-refractivity contribution in [2.24, 2.45) is 4.99 Å². The fraction of sp³-hybridized carbons (Fsp3) is 0.143. The number of methoxy groups -OCH3 is 1. The topological polar surface area (TPSA) is 110 Å². The van der Waals surface area contributed by atoms with Gasteiger partial charge in [0.15, 0.2) is 0 Å². The van der Waals surface area contributed by atoms with Gasteiger partial charge in [0, 0.05) is 6.21 Å². The van der Waals surface area contributed by atoms with Crippen LogP contribution in [0.15, 0.2) is 51.0 Å². The molecule has 9 heteroatoms. The first-order chi connectivity index (χ1) is 14.4. The summed E-state index contributed by atoms with van der Waals surface area (Å²) < 4.78 is 7.15. The van der Waals surface area contributed by atoms with Crippen molar-refractivity contribution in [1.29, 1.82) is 0 Å². The number of aromatic nitrogens is 3. The van der Waals surface area contributed by atoms with Crippen molar-refractivity contribution in [2.45, 2.75) is 13.8 Å². The number of hydrogen-bond donors (Lipinski definition) is 2. The Balaban J connectivity index is 1.81. The third-order valence-corrected chi connectivity index (χ3v) is 5.54. The number of nitrogens with zero attached hydrogens (tertiary/aromatic N) is 3. The molecule has 0 saturated carbocycles. The predicted molar refractivity (Wildman–Crippen MR) is 117 cm³/mol. The number of aromatic hydroxyl groups is 1. The monoisotopic (exact) mass is 422 g/mol. The number of thiazole rings is 1. The summed E-state index contributed by atoms with van der Waals surface area (Å²) in [6.45, 7) is 3.69. The number of hydrogen-bond acceptors (Lipinski definition) is 7. The lowest BCUT2D eigenvalue weighted by Crippen LogP contribution is -2.31. The molecule has 0 bridgehead atoms. The average molecular weight is 422 g/mol. The number of aromatic amines is 1. The van der Waals surface area contributed by atoms with Crippen molar-refractivity contribution in [3.8, 4) is 17.3 Å². The van der Waals surface area contributed by atoms with E-state index in [9.17, 15) is 14.7 Å². The molecule has 2 aromatic carbocycles. The van der Waals surface area contributed by atoms with Crippen molar-refractivity contribution >= 4 is 32.9 Å². The average Bonchev–Trinajstić information content (AvgIpc) is 3.12. The molecule has 2 N–H and O–H groups in total. The lowest BCUT2D eigenvalue weighted by atomic mass is 10.1. The van der Waals surface area contributed by atoms with Crippen molar-refractivity contribution in [3.05, 3.63) is 73.9 Å². The van der Waals surface area contributed by atoms with Gasteiger partial charge >= 0.3 is 5.69 Å². The number of rotatable bonds is 4. The minimum atomic E-state index is -0.731. The predicted octanol–water partition coefficient (Wildman–Crippen LogP) is 3.22. The number of nitrogens with one attached hydrogen (secondary N) is 1. The van der Waals surface area contributed by atoms with Crippen molar-refractivity contribution < 1.29 is 9.84 Å². The van der Waals surface area contributed by atoms with Crippen LogP contribution in [0.3, 0.4) is 0 Å². The first kappa shape index (κ1) is 19.6. The van der Waals surface area contributed by atoms with E-state index in [-0.39, 0.29) is 5.56 Å². The second-order valence-electron chi connectivity index (χ2n) is 6.71. The normalized spacial score (nSPS) is 11.4. The Hall–Kier alpha value is -3.72. The third kappa shape index (κ3) is 3.50. The number of fused-ring (bicyclic) bond motifs is 1. The summed E-state index contributed by atoms with van der Waals surface area (Å²) in [6, 6.07) is 11.0. The maximum absolute atomic E-state index is 12.4. The van der Waals surface area contributed by atoms with E-state index in [2.05, 4.69) is 15.0 Å². The Morgan fingerprint density at radius 2 is 2.00 bits per heavy atom. The summed E-state index contributed by atoms with van der Waals surface area (Å²) in [5.41, 5.74) is 1.32. The first-order valence-corrected chi connectivity index (χ1v) is 9.83. The molecule has 0 aliphatic carbocycles. The second kappa shape index (κ2) is 7.60. The van der Waals surface area contributed by atoms with Crippen molar-refractivity contribution in [2.75, 3.05) is 7.11 Å². The molecule has 4 rings (SSSR count). The molecular weight excluding hydrogens is 404 g/mol. The standard InChI is InChI=1S/C21H18N4O4S/c1-11-4-5-12(2)16(8-11)25-19(27)14(18(26)24-21(25)28)10-22-20-23-15-7-6-13(29-3)9-17(15)30-20/h4-10,27H,1-3H3,(H,24,26,28). The summed E-state index contributed by atoms with van der Waals surface area (Å²) in [4.78, 5) is 35.6. The van der Waals surface area contributed by atoms with Crippen LogP contribution in [0.1, 0.15) is 16.7 Å². The van der Waals surface area contributed by atoms with Gasteiger partial charge in [-0.1, -0.05) is 23.5 Å². The van der Waals surface area contributed by atoms with E-state index in [1.807, 2.05) is 38.1 Å². The molecule has 0 aliphatic rings. The number of ether oxygens (including phenoxy) is 1. The Morgan fingerprint density at radius 1 is 1.20 bits per heavy atom. The molecule has 4 aromatic rings. The Morgan fingerprint density at radius 3 is 2.77 bits per heavy atom. The SMILES string of the molecule is COc1ccc2nc(N=Cc3c(O)n(-c4cc(C)ccc4C)c(=O)[nH]c3=O)sc2c1. The van der Waals surface area contributed by atoms with Crippen LogP contribution in [0.25, 0.3) is 15.9 Å². The van der Waals surface area contributed by atoms with Crippen LogP contribution in [-0.4, -0.2) is 33.0 Å². The minimum absolute atomic E-state index is 0.132. The lowest BCUT2D eigenvalue weighted by Gasteiger charge is -2.12. The van der Waals surface area contributed by atoms with Gasteiger partial charge in [-0.15, -0.1) is 0 Å². The molecule has 0 aliphatic heterocycles. The largest absolute Gasteiger partial charge is 0.497 e. The maximum atomic E-state index is 12.4. The zero-order chi connectivity index (χ0) is 21.4. The van der Waals surface area contributed by atoms with E-state index in [0.717, 1.165) is 25.9 Å². The molecule has 0 unspecified atom stereocenters. The van der Waals surface area contributed by atoms with Gasteiger partial charge in [0.05, 0.1) is 23.0 Å². The molecular formula is C21H18N4O4S. The highest BCUT2D eigenvalue weighted by atomic mass is 32.1. The molecule has 2 aromatic heterocycles. The van der Waals surface area contributed by atoms with Crippen molar-refractivity contribution in [3.63, 3.8) is 0 Å². The molecule has 152 valence electrons. The number of aryl methyl sites for hydroxylation is 2. The zero-order valence-electron chi connectivity index (χ0n) is 16.5. The van der Waals surface area contributed by atoms with Gasteiger partial charge in [0.2, 0.25) is 11.0 Å². The fourth-order valence-electron chi connectivity index (χ4n) is 3.03. The summed E-state index contributed by atoms with van der Waals surface area (Å²) in [5, 5.41) is 11.1. The third-order valence-electron chi connectivity index (χ3n) is 4.61. The number of aliphatic imine (C=N–C) groups is 1. The number of benzene rings is 2. The quantitative estimate of drug-likeness (QED) is 0.491. The van der Waals surface area contributed by atoms with E-state index >= 15 is 0 Å². The van der Waals surface area contributed by atoms with E-state index in [1.165, 1.54) is 17.6 Å². The van der Waals surface area contributed by atoms with E-state index in [4.69, 9.17) is 4.74 Å². The summed E-state index contributed by atoms with van der Waals surface area (Å²) >= 11 is 1.31. The molecule has 30 heavy (non-hydrogen) atoms. The van der Waals surface area contributed by atoms with Gasteiger partial charge < -0.3 is 9.84 Å². The van der Waals surface area contributed by atoms with Crippen LogP contribution in [0.4, 0.5) is 5.13 Å². The zero-order valence-corrected chi connectivity index (χ0v) is 17.3. The summed E-state index contributed by atoms with van der Waals surface area (Å²) in [5.74, 6) is 0.223. The second-order valence-corrected chi connectivity index (χ2v) is 7.72. The summed E-state index contributed by atoms with van der Waals surface area (Å²) in [7, 11) is 1.58. The van der Waals surface area contributed by atoms with Crippen LogP contribution < -0.4 is 16.0 Å². The molecule has 8 nitrogen and oxygen atoms in total. The van der Waals surface area contributed by atoms with Gasteiger partial charge in [-0.25, -0.2) is 19.3 Å². The molecule has 0 amide bonds. The molecule has 0 spiro atoms. The molecule has 0 atom stereocenters. The summed E-state index contributed by atoms with van der Waals surface area (Å²) in [6.07, 6.45) is 1.21.